The maximum absolute atomic E-state index is 12.4. The van der Waals surface area contributed by atoms with E-state index >= 15 is 0 Å². The van der Waals surface area contributed by atoms with Crippen molar-refractivity contribution in [2.75, 3.05) is 25.0 Å². The quantitative estimate of drug-likeness (QED) is 0.769. The molecule has 1 aliphatic carbocycles. The van der Waals surface area contributed by atoms with Crippen LogP contribution in [0.1, 0.15) is 50.5 Å². The molecule has 25 heavy (non-hydrogen) atoms. The van der Waals surface area contributed by atoms with E-state index in [-0.39, 0.29) is 6.03 Å². The Bertz CT molecular complexity index is 531. The summed E-state index contributed by atoms with van der Waals surface area (Å²) in [6.07, 6.45) is 9.03. The van der Waals surface area contributed by atoms with Crippen LogP contribution < -0.4 is 16.4 Å². The van der Waals surface area contributed by atoms with Crippen molar-refractivity contribution >= 4 is 11.7 Å². The smallest absolute Gasteiger partial charge is 0.317 e. The lowest BCUT2D eigenvalue weighted by molar-refractivity contribution is 0.176. The Morgan fingerprint density at radius 2 is 1.68 bits per heavy atom. The van der Waals surface area contributed by atoms with Crippen LogP contribution in [0.4, 0.5) is 10.5 Å². The van der Waals surface area contributed by atoms with E-state index in [0.29, 0.717) is 18.6 Å². The Balaban J connectivity index is 1.41. The van der Waals surface area contributed by atoms with Gasteiger partial charge in [0.2, 0.25) is 0 Å². The molecule has 2 amide bonds. The van der Waals surface area contributed by atoms with Gasteiger partial charge in [-0.1, -0.05) is 31.4 Å². The Kier molecular flexibility index (Phi) is 6.56. The molecule has 1 saturated carbocycles. The van der Waals surface area contributed by atoms with Gasteiger partial charge in [-0.2, -0.15) is 0 Å². The van der Waals surface area contributed by atoms with Gasteiger partial charge in [-0.3, -0.25) is 0 Å². The largest absolute Gasteiger partial charge is 0.382 e. The zero-order chi connectivity index (χ0) is 17.5. The van der Waals surface area contributed by atoms with Crippen LogP contribution in [-0.4, -0.2) is 42.6 Å². The Hall–Kier alpha value is -1.75. The van der Waals surface area contributed by atoms with Crippen molar-refractivity contribution < 1.29 is 4.79 Å². The molecule has 4 N–H and O–H groups in total. The van der Waals surface area contributed by atoms with Crippen LogP contribution in [-0.2, 0) is 6.42 Å². The van der Waals surface area contributed by atoms with Crippen molar-refractivity contribution in [3.05, 3.63) is 29.8 Å². The molecule has 5 nitrogen and oxygen atoms in total. The number of urea groups is 1. The fourth-order valence-electron chi connectivity index (χ4n) is 3.91. The summed E-state index contributed by atoms with van der Waals surface area (Å²) in [5.41, 5.74) is 8.03. The molecule has 1 aliphatic heterocycles. The number of likely N-dealkylation sites (tertiary alicyclic amines) is 1. The summed E-state index contributed by atoms with van der Waals surface area (Å²) in [4.78, 5) is 14.4. The predicted molar refractivity (Wildman–Crippen MR) is 103 cm³/mol. The van der Waals surface area contributed by atoms with Gasteiger partial charge in [0.15, 0.2) is 0 Å². The van der Waals surface area contributed by atoms with Crippen LogP contribution in [0, 0.1) is 0 Å². The molecular formula is C20H32N4O. The molecule has 0 aromatic heterocycles. The SMILES string of the molecule is NCCc1ccc(NC2CCN(C(=O)NC3CCCCC3)CC2)cc1. The van der Waals surface area contributed by atoms with Crippen LogP contribution in [0.25, 0.3) is 0 Å². The van der Waals surface area contributed by atoms with E-state index in [4.69, 9.17) is 5.73 Å². The highest BCUT2D eigenvalue weighted by molar-refractivity contribution is 5.74. The summed E-state index contributed by atoms with van der Waals surface area (Å²) in [6.45, 7) is 2.36. The van der Waals surface area contributed by atoms with Crippen LogP contribution in [0.3, 0.4) is 0 Å². The average molecular weight is 345 g/mol. The number of piperidine rings is 1. The lowest BCUT2D eigenvalue weighted by Gasteiger charge is -2.34. The molecule has 1 saturated heterocycles. The van der Waals surface area contributed by atoms with Gasteiger partial charge in [0, 0.05) is 30.9 Å². The van der Waals surface area contributed by atoms with Gasteiger partial charge in [-0.15, -0.1) is 0 Å². The van der Waals surface area contributed by atoms with Crippen molar-refractivity contribution in [3.63, 3.8) is 0 Å². The molecule has 0 radical (unpaired) electrons. The maximum Gasteiger partial charge on any atom is 0.317 e. The summed E-state index contributed by atoms with van der Waals surface area (Å²) >= 11 is 0. The van der Waals surface area contributed by atoms with Gasteiger partial charge in [0.1, 0.15) is 0 Å². The number of rotatable bonds is 5. The topological polar surface area (TPSA) is 70.4 Å². The number of benzene rings is 1. The van der Waals surface area contributed by atoms with Crippen molar-refractivity contribution in [2.45, 2.75) is 63.5 Å². The monoisotopic (exact) mass is 344 g/mol. The molecule has 138 valence electrons. The van der Waals surface area contributed by atoms with Gasteiger partial charge in [-0.25, -0.2) is 4.79 Å². The number of nitrogens with one attached hydrogen (secondary N) is 2. The second-order valence-electron chi connectivity index (χ2n) is 7.43. The Labute approximate surface area is 151 Å². The van der Waals surface area contributed by atoms with Gasteiger partial charge in [-0.05, 0) is 56.3 Å². The third-order valence-corrected chi connectivity index (χ3v) is 5.47. The summed E-state index contributed by atoms with van der Waals surface area (Å²) in [7, 11) is 0. The number of hydrogen-bond acceptors (Lipinski definition) is 3. The molecule has 1 aromatic carbocycles. The minimum atomic E-state index is 0.136. The standard InChI is InChI=1S/C20H32N4O/c21-13-10-16-6-8-18(9-7-16)22-19-11-14-24(15-12-19)20(25)23-17-4-2-1-3-5-17/h6-9,17,19,22H,1-5,10-15,21H2,(H,23,25). The van der Waals surface area contributed by atoms with Crippen molar-refractivity contribution in [3.8, 4) is 0 Å². The highest BCUT2D eigenvalue weighted by Gasteiger charge is 2.24. The summed E-state index contributed by atoms with van der Waals surface area (Å²) in [5, 5.41) is 6.83. The first-order valence-corrected chi connectivity index (χ1v) is 9.85. The first kappa shape index (κ1) is 18.1. The minimum absolute atomic E-state index is 0.136. The lowest BCUT2D eigenvalue weighted by Crippen LogP contribution is -2.49. The van der Waals surface area contributed by atoms with Crippen molar-refractivity contribution in [1.29, 1.82) is 0 Å². The number of nitrogens with zero attached hydrogens (tertiary/aromatic N) is 1. The third kappa shape index (κ3) is 5.36. The summed E-state index contributed by atoms with van der Waals surface area (Å²) in [6, 6.07) is 9.52. The number of anilines is 1. The van der Waals surface area contributed by atoms with Crippen LogP contribution in [0.15, 0.2) is 24.3 Å². The van der Waals surface area contributed by atoms with Crippen molar-refractivity contribution in [1.82, 2.24) is 10.2 Å². The fourth-order valence-corrected chi connectivity index (χ4v) is 3.91. The molecule has 0 spiro atoms. The van der Waals surface area contributed by atoms with Gasteiger partial charge >= 0.3 is 6.03 Å². The summed E-state index contributed by atoms with van der Waals surface area (Å²) < 4.78 is 0. The molecule has 1 aromatic rings. The lowest BCUT2D eigenvalue weighted by atomic mass is 9.95. The van der Waals surface area contributed by atoms with Gasteiger partial charge in [0.05, 0.1) is 0 Å². The zero-order valence-corrected chi connectivity index (χ0v) is 15.2. The first-order chi connectivity index (χ1) is 12.2. The first-order valence-electron chi connectivity index (χ1n) is 9.85. The minimum Gasteiger partial charge on any atom is -0.382 e. The second-order valence-corrected chi connectivity index (χ2v) is 7.43. The number of amides is 2. The highest BCUT2D eigenvalue weighted by Crippen LogP contribution is 2.20. The molecule has 0 bridgehead atoms. The van der Waals surface area contributed by atoms with E-state index in [9.17, 15) is 4.79 Å². The molecule has 3 rings (SSSR count). The third-order valence-electron chi connectivity index (χ3n) is 5.47. The van der Waals surface area contributed by atoms with E-state index in [2.05, 4.69) is 34.9 Å². The summed E-state index contributed by atoms with van der Waals surface area (Å²) in [5.74, 6) is 0. The molecule has 2 fully saturated rings. The Morgan fingerprint density at radius 3 is 2.32 bits per heavy atom. The van der Waals surface area contributed by atoms with E-state index in [0.717, 1.165) is 50.9 Å². The maximum atomic E-state index is 12.4. The molecule has 1 heterocycles. The van der Waals surface area contributed by atoms with Gasteiger partial charge in [0.25, 0.3) is 0 Å². The van der Waals surface area contributed by atoms with Crippen LogP contribution in [0.5, 0.6) is 0 Å². The number of carbonyl (C=O) groups excluding carboxylic acids is 1. The van der Waals surface area contributed by atoms with Crippen molar-refractivity contribution in [2.24, 2.45) is 5.73 Å². The van der Waals surface area contributed by atoms with E-state index in [1.165, 1.54) is 24.8 Å². The number of hydrogen-bond donors (Lipinski definition) is 3. The van der Waals surface area contributed by atoms with Crippen LogP contribution in [0.2, 0.25) is 0 Å². The normalized spacial score (nSPS) is 19.6. The molecule has 0 unspecified atom stereocenters. The van der Waals surface area contributed by atoms with E-state index in [1.54, 1.807) is 0 Å². The molecule has 0 atom stereocenters. The number of carbonyl (C=O) groups is 1. The predicted octanol–water partition coefficient (Wildman–Crippen LogP) is 3.11. The average Bonchev–Trinajstić information content (AvgIpc) is 2.65. The fraction of sp³-hybridized carbons (Fsp3) is 0.650. The van der Waals surface area contributed by atoms with E-state index in [1.807, 2.05) is 4.90 Å². The van der Waals surface area contributed by atoms with Crippen LogP contribution >= 0.6 is 0 Å². The molecular weight excluding hydrogens is 312 g/mol. The Morgan fingerprint density at radius 1 is 1.00 bits per heavy atom. The van der Waals surface area contributed by atoms with Gasteiger partial charge < -0.3 is 21.3 Å². The molecule has 2 aliphatic rings. The number of nitrogens with two attached hydrogens (primary N) is 1. The second kappa shape index (κ2) is 9.09. The highest BCUT2D eigenvalue weighted by atomic mass is 16.2. The zero-order valence-electron chi connectivity index (χ0n) is 15.2. The van der Waals surface area contributed by atoms with E-state index < -0.39 is 0 Å². The molecule has 5 heteroatoms.